The second-order valence-electron chi connectivity index (χ2n) is 6.34. The van der Waals surface area contributed by atoms with E-state index in [0.29, 0.717) is 12.1 Å². The SMILES string of the molecule is CCCCNC(=O)c1cccc(NCC(=O)NC(C)(C)C)c1. The molecule has 0 aliphatic rings. The van der Waals surface area contributed by atoms with Crippen molar-refractivity contribution in [3.63, 3.8) is 0 Å². The molecule has 1 aromatic carbocycles. The summed E-state index contributed by atoms with van der Waals surface area (Å²) in [4.78, 5) is 23.8. The van der Waals surface area contributed by atoms with E-state index in [0.717, 1.165) is 18.5 Å². The van der Waals surface area contributed by atoms with Gasteiger partial charge >= 0.3 is 0 Å². The minimum atomic E-state index is -0.250. The van der Waals surface area contributed by atoms with Crippen LogP contribution in [-0.2, 0) is 4.79 Å². The first kappa shape index (κ1) is 18.0. The number of carbonyl (C=O) groups excluding carboxylic acids is 2. The van der Waals surface area contributed by atoms with Crippen molar-refractivity contribution < 1.29 is 9.59 Å². The van der Waals surface area contributed by atoms with Gasteiger partial charge in [0.2, 0.25) is 5.91 Å². The number of nitrogens with one attached hydrogen (secondary N) is 3. The van der Waals surface area contributed by atoms with Crippen LogP contribution in [0.3, 0.4) is 0 Å². The van der Waals surface area contributed by atoms with E-state index in [1.807, 2.05) is 26.8 Å². The highest BCUT2D eigenvalue weighted by atomic mass is 16.2. The van der Waals surface area contributed by atoms with Gasteiger partial charge < -0.3 is 16.0 Å². The number of rotatable bonds is 7. The molecule has 3 N–H and O–H groups in total. The third-order valence-corrected chi connectivity index (χ3v) is 2.91. The number of amides is 2. The van der Waals surface area contributed by atoms with E-state index in [1.54, 1.807) is 18.2 Å². The van der Waals surface area contributed by atoms with Gasteiger partial charge in [0.15, 0.2) is 0 Å². The summed E-state index contributed by atoms with van der Waals surface area (Å²) in [5.74, 6) is -0.165. The monoisotopic (exact) mass is 305 g/mol. The fraction of sp³-hybridized carbons (Fsp3) is 0.529. The molecule has 0 fully saturated rings. The van der Waals surface area contributed by atoms with E-state index in [4.69, 9.17) is 0 Å². The summed E-state index contributed by atoms with van der Waals surface area (Å²) in [6.07, 6.45) is 2.02. The maximum absolute atomic E-state index is 12.0. The summed E-state index contributed by atoms with van der Waals surface area (Å²) in [7, 11) is 0. The van der Waals surface area contributed by atoms with Crippen LogP contribution in [0.25, 0.3) is 0 Å². The Morgan fingerprint density at radius 3 is 2.55 bits per heavy atom. The van der Waals surface area contributed by atoms with Crippen molar-refractivity contribution in [1.82, 2.24) is 10.6 Å². The van der Waals surface area contributed by atoms with Crippen LogP contribution in [0.4, 0.5) is 5.69 Å². The van der Waals surface area contributed by atoms with Crippen LogP contribution in [0.2, 0.25) is 0 Å². The summed E-state index contributed by atoms with van der Waals surface area (Å²) < 4.78 is 0. The van der Waals surface area contributed by atoms with Crippen LogP contribution in [0.1, 0.15) is 50.9 Å². The lowest BCUT2D eigenvalue weighted by atomic mass is 10.1. The normalized spacial score (nSPS) is 10.9. The van der Waals surface area contributed by atoms with Crippen molar-refractivity contribution in [2.45, 2.75) is 46.1 Å². The molecule has 0 saturated heterocycles. The van der Waals surface area contributed by atoms with Crippen molar-refractivity contribution in [2.75, 3.05) is 18.4 Å². The van der Waals surface area contributed by atoms with Gasteiger partial charge in [-0.2, -0.15) is 0 Å². The van der Waals surface area contributed by atoms with Gasteiger partial charge in [-0.1, -0.05) is 19.4 Å². The second kappa shape index (κ2) is 8.41. The average Bonchev–Trinajstić information content (AvgIpc) is 2.44. The molecule has 0 aliphatic carbocycles. The third kappa shape index (κ3) is 7.11. The Hall–Kier alpha value is -2.04. The molecule has 0 aliphatic heterocycles. The molecule has 122 valence electrons. The molecule has 0 saturated carbocycles. The van der Waals surface area contributed by atoms with Gasteiger partial charge in [0.1, 0.15) is 0 Å². The molecule has 0 unspecified atom stereocenters. The molecule has 0 aromatic heterocycles. The van der Waals surface area contributed by atoms with Crippen LogP contribution < -0.4 is 16.0 Å². The van der Waals surface area contributed by atoms with E-state index in [1.165, 1.54) is 0 Å². The first-order chi connectivity index (χ1) is 10.3. The quantitative estimate of drug-likeness (QED) is 0.678. The predicted octanol–water partition coefficient (Wildman–Crippen LogP) is 2.54. The molecular formula is C17H27N3O2. The van der Waals surface area contributed by atoms with Crippen LogP contribution in [0.5, 0.6) is 0 Å². The number of hydrogen-bond donors (Lipinski definition) is 3. The highest BCUT2D eigenvalue weighted by Crippen LogP contribution is 2.10. The van der Waals surface area contributed by atoms with E-state index in [-0.39, 0.29) is 23.9 Å². The zero-order valence-corrected chi connectivity index (χ0v) is 14.0. The van der Waals surface area contributed by atoms with Crippen LogP contribution >= 0.6 is 0 Å². The van der Waals surface area contributed by atoms with Gasteiger partial charge in [-0.25, -0.2) is 0 Å². The standard InChI is InChI=1S/C17H27N3O2/c1-5-6-10-18-16(22)13-8-7-9-14(11-13)19-12-15(21)20-17(2,3)4/h7-9,11,19H,5-6,10,12H2,1-4H3,(H,18,22)(H,20,21). The Labute approximate surface area is 132 Å². The molecule has 1 rings (SSSR count). The number of unbranched alkanes of at least 4 members (excludes halogenated alkanes) is 1. The first-order valence-electron chi connectivity index (χ1n) is 7.75. The van der Waals surface area contributed by atoms with Gasteiger partial charge in [0, 0.05) is 23.3 Å². The lowest BCUT2D eigenvalue weighted by molar-refractivity contribution is -0.120. The number of hydrogen-bond acceptors (Lipinski definition) is 3. The lowest BCUT2D eigenvalue weighted by Gasteiger charge is -2.20. The van der Waals surface area contributed by atoms with Crippen LogP contribution in [0.15, 0.2) is 24.3 Å². The van der Waals surface area contributed by atoms with Gasteiger partial charge in [-0.3, -0.25) is 9.59 Å². The molecule has 0 atom stereocenters. The van der Waals surface area contributed by atoms with Crippen LogP contribution in [0, 0.1) is 0 Å². The summed E-state index contributed by atoms with van der Waals surface area (Å²) in [5.41, 5.74) is 1.10. The molecule has 5 nitrogen and oxygen atoms in total. The Kier molecular flexibility index (Phi) is 6.89. The van der Waals surface area contributed by atoms with Gasteiger partial charge in [-0.05, 0) is 45.4 Å². The van der Waals surface area contributed by atoms with Gasteiger partial charge in [0.05, 0.1) is 6.54 Å². The number of benzene rings is 1. The van der Waals surface area contributed by atoms with Gasteiger partial charge in [-0.15, -0.1) is 0 Å². The Bertz CT molecular complexity index is 507. The summed E-state index contributed by atoms with van der Waals surface area (Å²) in [5, 5.41) is 8.79. The molecule has 2 amide bonds. The summed E-state index contributed by atoms with van der Waals surface area (Å²) in [6.45, 7) is 8.75. The highest BCUT2D eigenvalue weighted by molar-refractivity contribution is 5.95. The Balaban J connectivity index is 2.53. The van der Waals surface area contributed by atoms with E-state index < -0.39 is 0 Å². The fourth-order valence-corrected chi connectivity index (χ4v) is 1.90. The van der Waals surface area contributed by atoms with Crippen LogP contribution in [-0.4, -0.2) is 30.4 Å². The van der Waals surface area contributed by atoms with E-state index >= 15 is 0 Å². The topological polar surface area (TPSA) is 70.2 Å². The molecule has 22 heavy (non-hydrogen) atoms. The zero-order valence-electron chi connectivity index (χ0n) is 14.0. The minimum Gasteiger partial charge on any atom is -0.376 e. The van der Waals surface area contributed by atoms with E-state index in [2.05, 4.69) is 22.9 Å². The van der Waals surface area contributed by atoms with Crippen molar-refractivity contribution in [1.29, 1.82) is 0 Å². The molecule has 1 aromatic rings. The van der Waals surface area contributed by atoms with Crippen molar-refractivity contribution in [3.8, 4) is 0 Å². The molecule has 0 heterocycles. The van der Waals surface area contributed by atoms with Crippen molar-refractivity contribution >= 4 is 17.5 Å². The largest absolute Gasteiger partial charge is 0.376 e. The molecular weight excluding hydrogens is 278 g/mol. The van der Waals surface area contributed by atoms with Crippen molar-refractivity contribution in [2.24, 2.45) is 0 Å². The summed E-state index contributed by atoms with van der Waals surface area (Å²) in [6, 6.07) is 7.17. The first-order valence-corrected chi connectivity index (χ1v) is 7.75. The fourth-order valence-electron chi connectivity index (χ4n) is 1.90. The molecule has 0 radical (unpaired) electrons. The third-order valence-electron chi connectivity index (χ3n) is 2.91. The Morgan fingerprint density at radius 2 is 1.91 bits per heavy atom. The molecule has 0 spiro atoms. The second-order valence-corrected chi connectivity index (χ2v) is 6.34. The number of carbonyl (C=O) groups is 2. The maximum atomic E-state index is 12.0. The van der Waals surface area contributed by atoms with Crippen molar-refractivity contribution in [3.05, 3.63) is 29.8 Å². The minimum absolute atomic E-state index is 0.0784. The highest BCUT2D eigenvalue weighted by Gasteiger charge is 2.13. The average molecular weight is 305 g/mol. The number of anilines is 1. The summed E-state index contributed by atoms with van der Waals surface area (Å²) >= 11 is 0. The lowest BCUT2D eigenvalue weighted by Crippen LogP contribution is -2.43. The van der Waals surface area contributed by atoms with Gasteiger partial charge in [0.25, 0.3) is 5.91 Å². The molecule has 0 bridgehead atoms. The van der Waals surface area contributed by atoms with E-state index in [9.17, 15) is 9.59 Å². The zero-order chi connectivity index (χ0) is 16.6. The predicted molar refractivity (Wildman–Crippen MR) is 90.1 cm³/mol. The smallest absolute Gasteiger partial charge is 0.251 e. The molecule has 5 heteroatoms. The Morgan fingerprint density at radius 1 is 1.18 bits per heavy atom. The maximum Gasteiger partial charge on any atom is 0.251 e.